The van der Waals surface area contributed by atoms with Crippen molar-refractivity contribution in [1.29, 1.82) is 0 Å². The number of hydrogen-bond donors (Lipinski definition) is 0. The van der Waals surface area contributed by atoms with Crippen molar-refractivity contribution in [1.82, 2.24) is 0 Å². The van der Waals surface area contributed by atoms with E-state index in [9.17, 15) is 14.7 Å². The Kier molecular flexibility index (Phi) is 2.41. The van der Waals surface area contributed by atoms with Gasteiger partial charge in [0.25, 0.3) is 0 Å². The van der Waals surface area contributed by atoms with Crippen molar-refractivity contribution in [2.45, 2.75) is 46.5 Å². The Morgan fingerprint density at radius 3 is 2.50 bits per heavy atom. The van der Waals surface area contributed by atoms with E-state index in [0.717, 1.165) is 12.8 Å². The lowest BCUT2D eigenvalue weighted by Crippen LogP contribution is -2.33. The Bertz CT molecular complexity index is 345. The summed E-state index contributed by atoms with van der Waals surface area (Å²) in [6.45, 7) is 6.36. The molecule has 2 saturated carbocycles. The molecular formula is C13H19O3-. The average molecular weight is 223 g/mol. The molecule has 0 spiro atoms. The van der Waals surface area contributed by atoms with Gasteiger partial charge in [-0.1, -0.05) is 20.8 Å². The van der Waals surface area contributed by atoms with E-state index in [-0.39, 0.29) is 29.0 Å². The molecule has 0 aromatic carbocycles. The summed E-state index contributed by atoms with van der Waals surface area (Å²) in [5.41, 5.74) is -0.199. The van der Waals surface area contributed by atoms with E-state index in [1.807, 2.05) is 6.92 Å². The number of aliphatic carboxylic acids is 1. The number of rotatable bonds is 3. The SMILES string of the molecule is CC1(C)[C@H]2CC[C@]1(C)C(=O)[C@@H]2CCC(=O)[O-]. The second kappa shape index (κ2) is 3.31. The number of hydrogen-bond acceptors (Lipinski definition) is 3. The molecule has 0 radical (unpaired) electrons. The topological polar surface area (TPSA) is 57.2 Å². The molecule has 0 saturated heterocycles. The zero-order chi connectivity index (χ0) is 12.1. The molecule has 0 aromatic rings. The smallest absolute Gasteiger partial charge is 0.142 e. The first kappa shape index (κ1) is 11.6. The minimum atomic E-state index is -1.04. The highest BCUT2D eigenvalue weighted by atomic mass is 16.4. The normalized spacial score (nSPS) is 40.3. The first-order chi connectivity index (χ1) is 7.30. The van der Waals surface area contributed by atoms with E-state index in [0.29, 0.717) is 12.3 Å². The molecule has 2 rings (SSSR count). The van der Waals surface area contributed by atoms with Gasteiger partial charge in [-0.05, 0) is 37.0 Å². The van der Waals surface area contributed by atoms with Crippen LogP contribution in [0.25, 0.3) is 0 Å². The van der Waals surface area contributed by atoms with Gasteiger partial charge in [0, 0.05) is 17.3 Å². The van der Waals surface area contributed by atoms with Gasteiger partial charge >= 0.3 is 0 Å². The summed E-state index contributed by atoms with van der Waals surface area (Å²) < 4.78 is 0. The van der Waals surface area contributed by atoms with E-state index in [1.54, 1.807) is 0 Å². The average Bonchev–Trinajstić information content (AvgIpc) is 2.47. The Morgan fingerprint density at radius 2 is 2.06 bits per heavy atom. The standard InChI is InChI=1S/C13H20O3/c1-12(2)9-6-7-13(12,3)11(16)8(9)4-5-10(14)15/h8-9H,4-7H2,1-3H3,(H,14,15)/p-1/t8-,9+,13-/m1/s1. The van der Waals surface area contributed by atoms with Gasteiger partial charge in [0.05, 0.1) is 0 Å². The maximum absolute atomic E-state index is 12.3. The van der Waals surface area contributed by atoms with Crippen LogP contribution in [0.5, 0.6) is 0 Å². The molecule has 2 bridgehead atoms. The number of carbonyl (C=O) groups excluding carboxylic acids is 2. The fourth-order valence-electron chi connectivity index (χ4n) is 3.88. The van der Waals surface area contributed by atoms with Crippen LogP contribution in [0.1, 0.15) is 46.5 Å². The maximum Gasteiger partial charge on any atom is 0.142 e. The Balaban J connectivity index is 2.20. The molecular weight excluding hydrogens is 204 g/mol. The second-order valence-electron chi connectivity index (χ2n) is 6.08. The lowest BCUT2D eigenvalue weighted by molar-refractivity contribution is -0.306. The number of carboxylic acids is 1. The Morgan fingerprint density at radius 1 is 1.44 bits per heavy atom. The molecule has 3 heteroatoms. The van der Waals surface area contributed by atoms with E-state index < -0.39 is 5.97 Å². The molecule has 0 N–H and O–H groups in total. The van der Waals surface area contributed by atoms with Gasteiger partial charge in [-0.3, -0.25) is 4.79 Å². The molecule has 3 nitrogen and oxygen atoms in total. The minimum absolute atomic E-state index is 0.0130. The van der Waals surface area contributed by atoms with Crippen LogP contribution in [-0.2, 0) is 9.59 Å². The highest BCUT2D eigenvalue weighted by Gasteiger charge is 2.65. The van der Waals surface area contributed by atoms with E-state index in [4.69, 9.17) is 0 Å². The van der Waals surface area contributed by atoms with Crippen LogP contribution in [0.2, 0.25) is 0 Å². The third kappa shape index (κ3) is 1.26. The van der Waals surface area contributed by atoms with E-state index in [1.165, 1.54) is 0 Å². The summed E-state index contributed by atoms with van der Waals surface area (Å²) in [5.74, 6) is -0.440. The van der Waals surface area contributed by atoms with E-state index >= 15 is 0 Å². The van der Waals surface area contributed by atoms with Crippen molar-refractivity contribution in [3.05, 3.63) is 0 Å². The lowest BCUT2D eigenvalue weighted by Gasteiger charge is -2.32. The lowest BCUT2D eigenvalue weighted by atomic mass is 9.70. The van der Waals surface area contributed by atoms with Gasteiger partial charge < -0.3 is 9.90 Å². The summed E-state index contributed by atoms with van der Waals surface area (Å²) in [4.78, 5) is 22.8. The molecule has 2 aliphatic carbocycles. The predicted octanol–water partition coefficient (Wildman–Crippen LogP) is 1.16. The van der Waals surface area contributed by atoms with Crippen LogP contribution >= 0.6 is 0 Å². The largest absolute Gasteiger partial charge is 0.550 e. The summed E-state index contributed by atoms with van der Waals surface area (Å²) >= 11 is 0. The summed E-state index contributed by atoms with van der Waals surface area (Å²) in [5, 5.41) is 10.5. The molecule has 2 aliphatic rings. The number of carboxylic acid groups (broad SMARTS) is 1. The first-order valence-electron chi connectivity index (χ1n) is 6.05. The summed E-state index contributed by atoms with van der Waals surface area (Å²) in [7, 11) is 0. The maximum atomic E-state index is 12.3. The Labute approximate surface area is 96.2 Å². The molecule has 0 unspecified atom stereocenters. The summed E-state index contributed by atoms with van der Waals surface area (Å²) in [6.07, 6.45) is 2.50. The molecule has 16 heavy (non-hydrogen) atoms. The minimum Gasteiger partial charge on any atom is -0.550 e. The molecule has 0 aromatic heterocycles. The first-order valence-corrected chi connectivity index (χ1v) is 6.05. The van der Waals surface area contributed by atoms with Gasteiger partial charge in [-0.15, -0.1) is 0 Å². The van der Waals surface area contributed by atoms with Crippen LogP contribution in [0, 0.1) is 22.7 Å². The number of fused-ring (bicyclic) bond motifs is 2. The van der Waals surface area contributed by atoms with Gasteiger partial charge in [0.1, 0.15) is 5.78 Å². The predicted molar refractivity (Wildman–Crippen MR) is 57.4 cm³/mol. The van der Waals surface area contributed by atoms with Gasteiger partial charge in [-0.25, -0.2) is 0 Å². The quantitative estimate of drug-likeness (QED) is 0.721. The van der Waals surface area contributed by atoms with Crippen molar-refractivity contribution in [2.75, 3.05) is 0 Å². The monoisotopic (exact) mass is 223 g/mol. The third-order valence-corrected chi connectivity index (χ3v) is 5.33. The molecule has 3 atom stereocenters. The molecule has 0 heterocycles. The van der Waals surface area contributed by atoms with Crippen LogP contribution in [0.15, 0.2) is 0 Å². The van der Waals surface area contributed by atoms with Gasteiger partial charge in [0.15, 0.2) is 0 Å². The molecule has 2 fully saturated rings. The molecule has 0 aliphatic heterocycles. The van der Waals surface area contributed by atoms with Crippen LogP contribution in [0.3, 0.4) is 0 Å². The van der Waals surface area contributed by atoms with Gasteiger partial charge in [0.2, 0.25) is 0 Å². The van der Waals surface area contributed by atoms with Crippen molar-refractivity contribution >= 4 is 11.8 Å². The fourth-order valence-corrected chi connectivity index (χ4v) is 3.88. The van der Waals surface area contributed by atoms with Crippen LogP contribution in [-0.4, -0.2) is 11.8 Å². The molecule has 90 valence electrons. The van der Waals surface area contributed by atoms with Crippen molar-refractivity contribution < 1.29 is 14.7 Å². The zero-order valence-electron chi connectivity index (χ0n) is 10.2. The second-order valence-corrected chi connectivity index (χ2v) is 6.08. The number of carbonyl (C=O) groups is 2. The Hall–Kier alpha value is -0.860. The van der Waals surface area contributed by atoms with Crippen molar-refractivity contribution in [3.63, 3.8) is 0 Å². The van der Waals surface area contributed by atoms with Crippen molar-refractivity contribution in [2.24, 2.45) is 22.7 Å². The van der Waals surface area contributed by atoms with Crippen LogP contribution < -0.4 is 5.11 Å². The fraction of sp³-hybridized carbons (Fsp3) is 0.846. The van der Waals surface area contributed by atoms with E-state index in [2.05, 4.69) is 13.8 Å². The third-order valence-electron chi connectivity index (χ3n) is 5.33. The van der Waals surface area contributed by atoms with Crippen molar-refractivity contribution in [3.8, 4) is 0 Å². The van der Waals surface area contributed by atoms with Crippen LogP contribution in [0.4, 0.5) is 0 Å². The number of Topliss-reactive ketones (excluding diaryl/α,β-unsaturated/α-hetero) is 1. The number of ketones is 1. The highest BCUT2D eigenvalue weighted by Crippen LogP contribution is 2.66. The zero-order valence-corrected chi connectivity index (χ0v) is 10.2. The van der Waals surface area contributed by atoms with Gasteiger partial charge in [-0.2, -0.15) is 0 Å². The molecule has 0 amide bonds. The summed E-state index contributed by atoms with van der Waals surface area (Å²) in [6, 6.07) is 0. The highest BCUT2D eigenvalue weighted by molar-refractivity contribution is 5.91.